The Morgan fingerprint density at radius 2 is 2.22 bits per heavy atom. The van der Waals surface area contributed by atoms with E-state index in [2.05, 4.69) is 51.9 Å². The van der Waals surface area contributed by atoms with E-state index in [0.717, 1.165) is 23.1 Å². The molecule has 0 saturated heterocycles. The van der Waals surface area contributed by atoms with Gasteiger partial charge in [-0.3, -0.25) is 16.0 Å². The zero-order valence-electron chi connectivity index (χ0n) is 11.6. The molecule has 2 unspecified atom stereocenters. The third kappa shape index (κ3) is 2.49. The van der Waals surface area contributed by atoms with Crippen LogP contribution in [0.25, 0.3) is 0 Å². The quantitative estimate of drug-likeness (QED) is 0.648. The molecule has 1 aromatic rings. The van der Waals surface area contributed by atoms with E-state index in [1.807, 2.05) is 6.92 Å². The number of rotatable bonds is 5. The van der Waals surface area contributed by atoms with Crippen molar-refractivity contribution in [3.63, 3.8) is 0 Å². The molecule has 102 valence electrons. The molecule has 1 fully saturated rings. The average molecular weight is 315 g/mol. The first-order valence-corrected chi connectivity index (χ1v) is 7.38. The first kappa shape index (κ1) is 14.0. The van der Waals surface area contributed by atoms with Crippen LogP contribution >= 0.6 is 15.9 Å². The van der Waals surface area contributed by atoms with Gasteiger partial charge in [-0.05, 0) is 47.5 Å². The third-order valence-corrected chi connectivity index (χ3v) is 5.19. The molecule has 4 nitrogen and oxygen atoms in total. The lowest BCUT2D eigenvalue weighted by atomic mass is 10.00. The van der Waals surface area contributed by atoms with Gasteiger partial charge in [0.25, 0.3) is 0 Å². The number of nitrogens with zero attached hydrogens (tertiary/aromatic N) is 2. The molecule has 1 aliphatic rings. The van der Waals surface area contributed by atoms with Crippen molar-refractivity contribution in [2.75, 3.05) is 0 Å². The molecule has 0 bridgehead atoms. The second-order valence-corrected chi connectivity index (χ2v) is 6.73. The molecule has 0 amide bonds. The number of nitrogens with two attached hydrogens (primary N) is 1. The highest BCUT2D eigenvalue weighted by Gasteiger charge is 2.50. The van der Waals surface area contributed by atoms with Gasteiger partial charge in [-0.15, -0.1) is 0 Å². The molecule has 2 atom stereocenters. The fraction of sp³-hybridized carbons (Fsp3) is 0.769. The third-order valence-electron chi connectivity index (χ3n) is 4.16. The largest absolute Gasteiger partial charge is 0.271 e. The normalized spacial score (nSPS) is 23.1. The minimum Gasteiger partial charge on any atom is -0.271 e. The topological polar surface area (TPSA) is 55.9 Å². The molecule has 2 rings (SSSR count). The van der Waals surface area contributed by atoms with E-state index < -0.39 is 0 Å². The Morgan fingerprint density at radius 3 is 2.67 bits per heavy atom. The van der Waals surface area contributed by atoms with Gasteiger partial charge in [0.1, 0.15) is 0 Å². The Bertz CT molecular complexity index is 438. The Kier molecular flexibility index (Phi) is 3.85. The summed E-state index contributed by atoms with van der Waals surface area (Å²) in [5, 5.41) is 4.53. The Balaban J connectivity index is 2.17. The number of hydrogen-bond donors (Lipinski definition) is 2. The molecule has 18 heavy (non-hydrogen) atoms. The molecule has 0 spiro atoms. The van der Waals surface area contributed by atoms with E-state index in [1.54, 1.807) is 0 Å². The molecule has 5 heteroatoms. The van der Waals surface area contributed by atoms with Crippen molar-refractivity contribution in [3.05, 3.63) is 15.9 Å². The van der Waals surface area contributed by atoms with E-state index in [-0.39, 0.29) is 0 Å². The average Bonchev–Trinajstić information content (AvgIpc) is 2.86. The smallest absolute Gasteiger partial charge is 0.0738 e. The van der Waals surface area contributed by atoms with E-state index >= 15 is 0 Å². The van der Waals surface area contributed by atoms with Crippen LogP contribution in [0.5, 0.6) is 0 Å². The number of nitrogens with one attached hydrogen (secondary N) is 1. The highest BCUT2D eigenvalue weighted by Crippen LogP contribution is 2.54. The number of hydrazine groups is 1. The summed E-state index contributed by atoms with van der Waals surface area (Å²) < 4.78 is 3.20. The minimum atomic E-state index is 0.331. The zero-order valence-corrected chi connectivity index (χ0v) is 13.2. The summed E-state index contributed by atoms with van der Waals surface area (Å²) in [6.45, 7) is 9.66. The van der Waals surface area contributed by atoms with Gasteiger partial charge in [-0.25, -0.2) is 0 Å². The molecule has 0 radical (unpaired) electrons. The maximum Gasteiger partial charge on any atom is 0.0738 e. The number of halogens is 1. The SMILES string of the molecule is CCn1nc(C)c(Br)c1CC(NN)C1CC1(C)C. The van der Waals surface area contributed by atoms with Gasteiger partial charge in [0, 0.05) is 19.0 Å². The predicted octanol–water partition coefficient (Wildman–Crippen LogP) is 2.39. The molecule has 0 aromatic carbocycles. The number of aromatic nitrogens is 2. The van der Waals surface area contributed by atoms with E-state index in [9.17, 15) is 0 Å². The summed E-state index contributed by atoms with van der Waals surface area (Å²) in [7, 11) is 0. The summed E-state index contributed by atoms with van der Waals surface area (Å²) in [5.74, 6) is 6.40. The second kappa shape index (κ2) is 4.94. The maximum absolute atomic E-state index is 5.74. The monoisotopic (exact) mass is 314 g/mol. The summed E-state index contributed by atoms with van der Waals surface area (Å²) in [6, 6.07) is 0.331. The highest BCUT2D eigenvalue weighted by atomic mass is 79.9. The fourth-order valence-electron chi connectivity index (χ4n) is 2.78. The molecule has 1 heterocycles. The van der Waals surface area contributed by atoms with Crippen LogP contribution in [0.3, 0.4) is 0 Å². The number of aryl methyl sites for hydroxylation is 2. The zero-order chi connectivity index (χ0) is 13.5. The van der Waals surface area contributed by atoms with Crippen molar-refractivity contribution < 1.29 is 0 Å². The van der Waals surface area contributed by atoms with Gasteiger partial charge in [-0.1, -0.05) is 13.8 Å². The molecule has 1 aliphatic carbocycles. The van der Waals surface area contributed by atoms with Gasteiger partial charge in [0.2, 0.25) is 0 Å². The van der Waals surface area contributed by atoms with E-state index in [0.29, 0.717) is 17.4 Å². The molecule has 1 aromatic heterocycles. The first-order valence-electron chi connectivity index (χ1n) is 6.58. The van der Waals surface area contributed by atoms with Gasteiger partial charge in [0.15, 0.2) is 0 Å². The second-order valence-electron chi connectivity index (χ2n) is 5.94. The van der Waals surface area contributed by atoms with Crippen LogP contribution in [0.2, 0.25) is 0 Å². The maximum atomic E-state index is 5.74. The lowest BCUT2D eigenvalue weighted by Crippen LogP contribution is -2.40. The van der Waals surface area contributed by atoms with Crippen LogP contribution < -0.4 is 11.3 Å². The van der Waals surface area contributed by atoms with Crippen LogP contribution in [0, 0.1) is 18.3 Å². The summed E-state index contributed by atoms with van der Waals surface area (Å²) in [5.41, 5.74) is 5.72. The van der Waals surface area contributed by atoms with Crippen molar-refractivity contribution in [1.82, 2.24) is 15.2 Å². The number of hydrogen-bond acceptors (Lipinski definition) is 3. The Morgan fingerprint density at radius 1 is 1.61 bits per heavy atom. The standard InChI is InChI=1S/C13H23BrN4/c1-5-18-11(12(14)8(2)17-18)6-10(16-15)9-7-13(9,3)4/h9-10,16H,5-7,15H2,1-4H3. The lowest BCUT2D eigenvalue weighted by molar-refractivity contribution is 0.399. The molecular formula is C13H23BrN4. The van der Waals surface area contributed by atoms with Crippen molar-refractivity contribution in [3.8, 4) is 0 Å². The van der Waals surface area contributed by atoms with Crippen molar-refractivity contribution >= 4 is 15.9 Å². The predicted molar refractivity (Wildman–Crippen MR) is 77.0 cm³/mol. The van der Waals surface area contributed by atoms with Crippen molar-refractivity contribution in [1.29, 1.82) is 0 Å². The van der Waals surface area contributed by atoms with Gasteiger partial charge in [0.05, 0.1) is 15.9 Å². The Labute approximate surface area is 117 Å². The lowest BCUT2D eigenvalue weighted by Gasteiger charge is -2.18. The molecular weight excluding hydrogens is 292 g/mol. The van der Waals surface area contributed by atoms with E-state index in [1.165, 1.54) is 12.1 Å². The molecule has 3 N–H and O–H groups in total. The Hall–Kier alpha value is -0.390. The highest BCUT2D eigenvalue weighted by molar-refractivity contribution is 9.10. The molecule has 1 saturated carbocycles. The van der Waals surface area contributed by atoms with Crippen molar-refractivity contribution in [2.24, 2.45) is 17.2 Å². The summed E-state index contributed by atoms with van der Waals surface area (Å²) >= 11 is 3.65. The van der Waals surface area contributed by atoms with Crippen LogP contribution in [-0.2, 0) is 13.0 Å². The van der Waals surface area contributed by atoms with Crippen LogP contribution in [0.1, 0.15) is 38.6 Å². The van der Waals surface area contributed by atoms with Crippen LogP contribution in [-0.4, -0.2) is 15.8 Å². The fourth-order valence-corrected chi connectivity index (χ4v) is 3.23. The van der Waals surface area contributed by atoms with Crippen LogP contribution in [0.15, 0.2) is 4.47 Å². The first-order chi connectivity index (χ1) is 8.40. The molecule has 0 aliphatic heterocycles. The van der Waals surface area contributed by atoms with Crippen molar-refractivity contribution in [2.45, 2.75) is 53.1 Å². The van der Waals surface area contributed by atoms with Gasteiger partial charge >= 0.3 is 0 Å². The van der Waals surface area contributed by atoms with Gasteiger partial charge in [-0.2, -0.15) is 5.10 Å². The summed E-state index contributed by atoms with van der Waals surface area (Å²) in [4.78, 5) is 0. The minimum absolute atomic E-state index is 0.331. The van der Waals surface area contributed by atoms with Crippen LogP contribution in [0.4, 0.5) is 0 Å². The van der Waals surface area contributed by atoms with E-state index in [4.69, 9.17) is 5.84 Å². The van der Waals surface area contributed by atoms with Gasteiger partial charge < -0.3 is 0 Å². The summed E-state index contributed by atoms with van der Waals surface area (Å²) in [6.07, 6.45) is 2.18.